The molecule has 0 saturated heterocycles. The summed E-state index contributed by atoms with van der Waals surface area (Å²) >= 11 is 0. The molecule has 0 radical (unpaired) electrons. The molecular weight excluding hydrogens is 596 g/mol. The first-order valence-corrected chi connectivity index (χ1v) is 18.0. The molecule has 0 heterocycles. The fraction of sp³-hybridized carbons (Fsp3) is 1.00. The molecule has 12 N–H and O–H groups in total. The summed E-state index contributed by atoms with van der Waals surface area (Å²) in [5.74, 6) is 0. The van der Waals surface area contributed by atoms with Gasteiger partial charge >= 0.3 is 45.6 Å². The molecule has 0 fully saturated rings. The largest absolute Gasteiger partial charge is 0.344 e. The van der Waals surface area contributed by atoms with Gasteiger partial charge in [0, 0.05) is 19.6 Å². The van der Waals surface area contributed by atoms with Gasteiger partial charge in [-0.1, -0.05) is 0 Å². The summed E-state index contributed by atoms with van der Waals surface area (Å²) in [4.78, 5) is 104. The van der Waals surface area contributed by atoms with E-state index >= 15 is 0 Å². The molecule has 0 aliphatic rings. The summed E-state index contributed by atoms with van der Waals surface area (Å²) in [5.41, 5.74) is 0. The van der Waals surface area contributed by atoms with Gasteiger partial charge in [0.25, 0.3) is 0 Å². The first-order chi connectivity index (χ1) is 14.3. The maximum absolute atomic E-state index is 11.9. The molecule has 0 saturated carbocycles. The van der Waals surface area contributed by atoms with E-state index in [0.29, 0.717) is 0 Å². The van der Waals surface area contributed by atoms with E-state index in [2.05, 4.69) is 0 Å². The Morgan fingerprint density at radius 2 is 0.529 bits per heavy atom. The van der Waals surface area contributed by atoms with Crippen LogP contribution in [0.3, 0.4) is 0 Å². The summed E-state index contributed by atoms with van der Waals surface area (Å²) in [7, 11) is -35.6. The Morgan fingerprint density at radius 3 is 0.618 bits per heavy atom. The van der Waals surface area contributed by atoms with E-state index in [-0.39, 0.29) is 25.7 Å². The van der Waals surface area contributed by atoms with Gasteiger partial charge in [0.15, 0.2) is 14.7 Å². The number of rotatable bonds is 12. The number of nitrogens with zero attached hydrogens (tertiary/aromatic N) is 1. The topological polar surface area (TPSA) is 348 Å². The Balaban J connectivity index is 7.25. The molecule has 0 aliphatic carbocycles. The van der Waals surface area contributed by atoms with Crippen LogP contribution in [0.4, 0.5) is 0 Å². The van der Waals surface area contributed by atoms with Gasteiger partial charge in [-0.2, -0.15) is 0 Å². The highest BCUT2D eigenvalue weighted by Gasteiger charge is 2.64. The van der Waals surface area contributed by atoms with Crippen LogP contribution in [0.25, 0.3) is 0 Å². The average molecular weight is 623 g/mol. The molecule has 0 atom stereocenters. The quantitative estimate of drug-likeness (QED) is 0.110. The zero-order valence-corrected chi connectivity index (χ0v) is 22.9. The van der Waals surface area contributed by atoms with E-state index in [1.54, 1.807) is 0 Å². The summed E-state index contributed by atoms with van der Waals surface area (Å²) in [6, 6.07) is 0. The normalized spacial score (nSPS) is 16.2. The van der Waals surface area contributed by atoms with Crippen LogP contribution in [0.15, 0.2) is 0 Å². The SMILES string of the molecule is CC(CN(CC(C)(P(=O)(O)O)P(=O)(O)O)CC(C)(P(=O)(O)O)P(=O)(O)O)(P(=O)(O)O)P(=O)(O)O. The third-order valence-electron chi connectivity index (χ3n) is 5.33. The first-order valence-electron chi connectivity index (χ1n) is 8.35. The number of hydrogen-bond donors (Lipinski definition) is 12. The highest BCUT2D eigenvalue weighted by atomic mass is 31.3. The van der Waals surface area contributed by atoms with Crippen LogP contribution in [0.2, 0.25) is 0 Å². The van der Waals surface area contributed by atoms with Crippen molar-refractivity contribution in [1.29, 1.82) is 0 Å². The Labute approximate surface area is 192 Å². The van der Waals surface area contributed by atoms with Crippen molar-refractivity contribution in [2.75, 3.05) is 19.6 Å². The average Bonchev–Trinajstić information content (AvgIpc) is 2.47. The van der Waals surface area contributed by atoms with Crippen LogP contribution in [0, 0.1) is 0 Å². The van der Waals surface area contributed by atoms with E-state index < -0.39 is 79.9 Å². The van der Waals surface area contributed by atoms with Crippen molar-refractivity contribution in [3.05, 3.63) is 0 Å². The summed E-state index contributed by atoms with van der Waals surface area (Å²) in [5, 5.41) is 0. The minimum Gasteiger partial charge on any atom is -0.324 e. The Kier molecular flexibility index (Phi) is 10.1. The van der Waals surface area contributed by atoms with Crippen LogP contribution in [-0.2, 0) is 27.4 Å². The third kappa shape index (κ3) is 6.83. The Hall–Kier alpha value is 0.860. The monoisotopic (exact) mass is 623 g/mol. The second kappa shape index (κ2) is 9.87. The molecule has 0 aromatic heterocycles. The molecule has 0 aliphatic heterocycles. The van der Waals surface area contributed by atoms with Crippen LogP contribution >= 0.6 is 45.6 Å². The van der Waals surface area contributed by atoms with Crippen molar-refractivity contribution in [1.82, 2.24) is 4.90 Å². The van der Waals surface area contributed by atoms with E-state index in [1.807, 2.05) is 0 Å². The van der Waals surface area contributed by atoms with Crippen molar-refractivity contribution < 1.29 is 86.1 Å². The van der Waals surface area contributed by atoms with Gasteiger partial charge in [-0.25, -0.2) is 0 Å². The predicted octanol–water partition coefficient (Wildman–Crippen LogP) is -1.50. The lowest BCUT2D eigenvalue weighted by Gasteiger charge is -2.43. The lowest BCUT2D eigenvalue weighted by atomic mass is 10.3. The van der Waals surface area contributed by atoms with E-state index in [9.17, 15) is 86.1 Å². The Bertz CT molecular complexity index is 851. The second-order valence-corrected chi connectivity index (χ2v) is 21.6. The van der Waals surface area contributed by atoms with Crippen LogP contribution < -0.4 is 0 Å². The van der Waals surface area contributed by atoms with E-state index in [1.165, 1.54) is 0 Å². The zero-order valence-electron chi connectivity index (χ0n) is 17.6. The standard InChI is InChI=1S/C9H27NO18P6/c1-7(29(11,12)13,30(14,15)16)4-10(5-8(2,31(17,18)19)32(20,21)22)6-9(3,33(23,24)25)34(26,27)28/h4-6H2,1-3H3,(H2,11,12,13)(H2,14,15,16)(H2,17,18,19)(H2,20,21,22)(H2,23,24,25)(H2,26,27,28). The highest BCUT2D eigenvalue weighted by molar-refractivity contribution is 7.73. The summed E-state index contributed by atoms with van der Waals surface area (Å²) in [6.07, 6.45) is 0. The second-order valence-electron chi connectivity index (χ2n) is 8.06. The zero-order chi connectivity index (χ0) is 28.2. The minimum atomic E-state index is -5.94. The van der Waals surface area contributed by atoms with Gasteiger partial charge in [-0.3, -0.25) is 32.3 Å². The summed E-state index contributed by atoms with van der Waals surface area (Å²) < 4.78 is 71.5. The smallest absolute Gasteiger partial charge is 0.324 e. The molecule has 0 bridgehead atoms. The molecule has 0 unspecified atom stereocenters. The van der Waals surface area contributed by atoms with Crippen molar-refractivity contribution in [2.45, 2.75) is 35.5 Å². The molecular formula is C9H27NO18P6. The number of hydrogen-bond acceptors (Lipinski definition) is 7. The maximum Gasteiger partial charge on any atom is 0.344 e. The van der Waals surface area contributed by atoms with Crippen molar-refractivity contribution in [3.63, 3.8) is 0 Å². The van der Waals surface area contributed by atoms with Crippen LogP contribution in [-0.4, -0.2) is 97.9 Å². The molecule has 0 rings (SSSR count). The van der Waals surface area contributed by atoms with Gasteiger partial charge in [0.2, 0.25) is 0 Å². The molecule has 206 valence electrons. The lowest BCUT2D eigenvalue weighted by molar-refractivity contribution is 0.192. The van der Waals surface area contributed by atoms with Gasteiger partial charge < -0.3 is 58.7 Å². The fourth-order valence-corrected chi connectivity index (χ4v) is 8.88. The van der Waals surface area contributed by atoms with E-state index in [0.717, 1.165) is 0 Å². The lowest BCUT2D eigenvalue weighted by Crippen LogP contribution is -2.51. The van der Waals surface area contributed by atoms with Crippen molar-refractivity contribution in [2.24, 2.45) is 0 Å². The molecule has 19 nitrogen and oxygen atoms in total. The minimum absolute atomic E-state index is 0.0471. The van der Waals surface area contributed by atoms with Crippen LogP contribution in [0.1, 0.15) is 20.8 Å². The first kappa shape index (κ1) is 34.9. The molecule has 0 aromatic rings. The van der Waals surface area contributed by atoms with Gasteiger partial charge in [-0.05, 0) is 20.8 Å². The Morgan fingerprint density at radius 1 is 0.412 bits per heavy atom. The van der Waals surface area contributed by atoms with Crippen molar-refractivity contribution >= 4 is 45.6 Å². The summed E-state index contributed by atoms with van der Waals surface area (Å²) in [6.45, 7) is -4.60. The molecule has 0 aromatic carbocycles. The highest BCUT2D eigenvalue weighted by Crippen LogP contribution is 2.73. The predicted molar refractivity (Wildman–Crippen MR) is 114 cm³/mol. The van der Waals surface area contributed by atoms with Gasteiger partial charge in [0.05, 0.1) is 0 Å². The van der Waals surface area contributed by atoms with Gasteiger partial charge in [-0.15, -0.1) is 0 Å². The maximum atomic E-state index is 11.9. The fourth-order valence-electron chi connectivity index (χ4n) is 2.50. The van der Waals surface area contributed by atoms with Crippen molar-refractivity contribution in [3.8, 4) is 0 Å². The van der Waals surface area contributed by atoms with E-state index in [4.69, 9.17) is 0 Å². The van der Waals surface area contributed by atoms with Crippen LogP contribution in [0.5, 0.6) is 0 Å². The van der Waals surface area contributed by atoms with Gasteiger partial charge in [0.1, 0.15) is 0 Å². The molecule has 34 heavy (non-hydrogen) atoms. The molecule has 25 heteroatoms. The molecule has 0 amide bonds. The third-order valence-corrected chi connectivity index (χ3v) is 18.4. The molecule has 0 spiro atoms.